The Bertz CT molecular complexity index is 501. The lowest BCUT2D eigenvalue weighted by Gasteiger charge is -2.13. The molecule has 0 aliphatic heterocycles. The number of hydrogen-bond donors (Lipinski definition) is 2. The zero-order chi connectivity index (χ0) is 15.8. The van der Waals surface area contributed by atoms with E-state index in [4.69, 9.17) is 14.6 Å². The summed E-state index contributed by atoms with van der Waals surface area (Å²) in [5, 5.41) is 11.4. The number of hydrogen-bond acceptors (Lipinski definition) is 4. The molecule has 1 unspecified atom stereocenters. The van der Waals surface area contributed by atoms with Crippen LogP contribution >= 0.6 is 0 Å². The van der Waals surface area contributed by atoms with Crippen LogP contribution in [-0.4, -0.2) is 37.2 Å². The van der Waals surface area contributed by atoms with Crippen LogP contribution in [0.15, 0.2) is 18.2 Å². The molecule has 0 aromatic heterocycles. The van der Waals surface area contributed by atoms with Gasteiger partial charge in [-0.15, -0.1) is 0 Å². The number of aliphatic carboxylic acids is 1. The van der Waals surface area contributed by atoms with Crippen molar-refractivity contribution in [1.29, 1.82) is 0 Å². The number of rotatable bonds is 8. The monoisotopic (exact) mass is 295 g/mol. The highest BCUT2D eigenvalue weighted by Crippen LogP contribution is 2.25. The predicted octanol–water partition coefficient (Wildman–Crippen LogP) is 1.62. The molecule has 21 heavy (non-hydrogen) atoms. The largest absolute Gasteiger partial charge is 0.497 e. The van der Waals surface area contributed by atoms with E-state index >= 15 is 0 Å². The fourth-order valence-corrected chi connectivity index (χ4v) is 1.93. The highest BCUT2D eigenvalue weighted by molar-refractivity contribution is 5.83. The number of ether oxygens (including phenoxy) is 2. The van der Waals surface area contributed by atoms with Crippen molar-refractivity contribution in [2.24, 2.45) is 0 Å². The maximum atomic E-state index is 11.8. The van der Waals surface area contributed by atoms with E-state index in [-0.39, 0.29) is 12.3 Å². The molecule has 6 heteroatoms. The molecule has 0 radical (unpaired) electrons. The van der Waals surface area contributed by atoms with Crippen LogP contribution in [0.5, 0.6) is 11.5 Å². The molecule has 0 aliphatic rings. The summed E-state index contributed by atoms with van der Waals surface area (Å²) in [6.45, 7) is 1.71. The Hall–Kier alpha value is -2.24. The molecule has 1 atom stereocenters. The fourth-order valence-electron chi connectivity index (χ4n) is 1.93. The minimum absolute atomic E-state index is 0.188. The number of amides is 1. The van der Waals surface area contributed by atoms with E-state index in [1.54, 1.807) is 39.3 Å². The average molecular weight is 295 g/mol. The van der Waals surface area contributed by atoms with Gasteiger partial charge in [0.2, 0.25) is 5.91 Å². The molecule has 6 nitrogen and oxygen atoms in total. The Kier molecular flexibility index (Phi) is 6.52. The number of benzene rings is 1. The lowest BCUT2D eigenvalue weighted by Crippen LogP contribution is -2.40. The molecule has 0 spiro atoms. The first-order valence-electron chi connectivity index (χ1n) is 6.74. The Balaban J connectivity index is 2.65. The van der Waals surface area contributed by atoms with Gasteiger partial charge in [0.05, 0.1) is 14.2 Å². The molecule has 1 aromatic carbocycles. The molecular formula is C15H21NO5. The highest BCUT2D eigenvalue weighted by atomic mass is 16.5. The molecule has 0 aliphatic carbocycles. The van der Waals surface area contributed by atoms with Gasteiger partial charge in [0.15, 0.2) is 0 Å². The number of aryl methyl sites for hydroxylation is 1. The quantitative estimate of drug-likeness (QED) is 0.761. The molecule has 0 saturated heterocycles. The van der Waals surface area contributed by atoms with E-state index in [1.807, 2.05) is 0 Å². The molecule has 1 amide bonds. The van der Waals surface area contributed by atoms with E-state index in [0.717, 1.165) is 5.56 Å². The van der Waals surface area contributed by atoms with Crippen molar-refractivity contribution in [3.05, 3.63) is 23.8 Å². The van der Waals surface area contributed by atoms with Crippen molar-refractivity contribution in [2.75, 3.05) is 14.2 Å². The summed E-state index contributed by atoms with van der Waals surface area (Å²) >= 11 is 0. The van der Waals surface area contributed by atoms with Crippen LogP contribution in [0.2, 0.25) is 0 Å². The van der Waals surface area contributed by atoms with Crippen molar-refractivity contribution in [3.63, 3.8) is 0 Å². The van der Waals surface area contributed by atoms with Crippen molar-refractivity contribution in [1.82, 2.24) is 5.32 Å². The maximum absolute atomic E-state index is 11.8. The van der Waals surface area contributed by atoms with Crippen molar-refractivity contribution < 1.29 is 24.2 Å². The van der Waals surface area contributed by atoms with Crippen LogP contribution in [0.3, 0.4) is 0 Å². The van der Waals surface area contributed by atoms with E-state index in [9.17, 15) is 9.59 Å². The molecule has 0 saturated carbocycles. The summed E-state index contributed by atoms with van der Waals surface area (Å²) in [6, 6.07) is 4.52. The fraction of sp³-hybridized carbons (Fsp3) is 0.467. The molecule has 2 N–H and O–H groups in total. The van der Waals surface area contributed by atoms with Crippen molar-refractivity contribution >= 4 is 11.9 Å². The smallest absolute Gasteiger partial charge is 0.326 e. The second-order valence-electron chi connectivity index (χ2n) is 4.54. The molecule has 0 bridgehead atoms. The van der Waals surface area contributed by atoms with Gasteiger partial charge < -0.3 is 19.9 Å². The SMILES string of the molecule is CCC(NC(=O)CCc1cc(OC)ccc1OC)C(=O)O. The highest BCUT2D eigenvalue weighted by Gasteiger charge is 2.17. The number of nitrogens with one attached hydrogen (secondary N) is 1. The summed E-state index contributed by atoms with van der Waals surface area (Å²) in [4.78, 5) is 22.7. The lowest BCUT2D eigenvalue weighted by atomic mass is 10.1. The predicted molar refractivity (Wildman–Crippen MR) is 77.7 cm³/mol. The van der Waals surface area contributed by atoms with Gasteiger partial charge in [0, 0.05) is 6.42 Å². The van der Waals surface area contributed by atoms with E-state index < -0.39 is 12.0 Å². The van der Waals surface area contributed by atoms with E-state index in [2.05, 4.69) is 5.32 Å². The first-order chi connectivity index (χ1) is 10.0. The number of carboxylic acid groups (broad SMARTS) is 1. The van der Waals surface area contributed by atoms with Gasteiger partial charge >= 0.3 is 5.97 Å². The Morgan fingerprint density at radius 2 is 2.00 bits per heavy atom. The second kappa shape index (κ2) is 8.14. The minimum atomic E-state index is -1.02. The van der Waals surface area contributed by atoms with Gasteiger partial charge in [-0.3, -0.25) is 4.79 Å². The first-order valence-corrected chi connectivity index (χ1v) is 6.74. The lowest BCUT2D eigenvalue weighted by molar-refractivity contribution is -0.141. The van der Waals surface area contributed by atoms with Crippen LogP contribution in [-0.2, 0) is 16.0 Å². The zero-order valence-corrected chi connectivity index (χ0v) is 12.5. The number of carbonyl (C=O) groups excluding carboxylic acids is 1. The van der Waals surface area contributed by atoms with Gasteiger partial charge in [-0.2, -0.15) is 0 Å². The molecular weight excluding hydrogens is 274 g/mol. The summed E-state index contributed by atoms with van der Waals surface area (Å²) in [7, 11) is 3.12. The average Bonchev–Trinajstić information content (AvgIpc) is 2.49. The van der Waals surface area contributed by atoms with Gasteiger partial charge in [0.1, 0.15) is 17.5 Å². The third-order valence-corrected chi connectivity index (χ3v) is 3.15. The number of carboxylic acids is 1. The standard InChI is InChI=1S/C15H21NO5/c1-4-12(15(18)19)16-14(17)8-5-10-9-11(20-2)6-7-13(10)21-3/h6-7,9,12H,4-5,8H2,1-3H3,(H,16,17)(H,18,19). The van der Waals surface area contributed by atoms with Crippen LogP contribution in [0.25, 0.3) is 0 Å². The number of carbonyl (C=O) groups is 2. The second-order valence-corrected chi connectivity index (χ2v) is 4.54. The minimum Gasteiger partial charge on any atom is -0.497 e. The Morgan fingerprint density at radius 1 is 1.29 bits per heavy atom. The topological polar surface area (TPSA) is 84.9 Å². The molecule has 1 rings (SSSR count). The molecule has 0 heterocycles. The molecule has 0 fully saturated rings. The van der Waals surface area contributed by atoms with Gasteiger partial charge in [-0.1, -0.05) is 6.92 Å². The summed E-state index contributed by atoms with van der Waals surface area (Å²) in [6.07, 6.45) is 0.985. The van der Waals surface area contributed by atoms with Crippen molar-refractivity contribution in [2.45, 2.75) is 32.2 Å². The maximum Gasteiger partial charge on any atom is 0.326 e. The van der Waals surface area contributed by atoms with Crippen LogP contribution < -0.4 is 14.8 Å². The summed E-state index contributed by atoms with van der Waals surface area (Å²) in [5.74, 6) is 0.0380. The van der Waals surface area contributed by atoms with Crippen molar-refractivity contribution in [3.8, 4) is 11.5 Å². The van der Waals surface area contributed by atoms with Crippen LogP contribution in [0.4, 0.5) is 0 Å². The Morgan fingerprint density at radius 3 is 2.52 bits per heavy atom. The third-order valence-electron chi connectivity index (χ3n) is 3.15. The van der Waals surface area contributed by atoms with E-state index in [0.29, 0.717) is 24.3 Å². The Labute approximate surface area is 124 Å². The van der Waals surface area contributed by atoms with Crippen LogP contribution in [0.1, 0.15) is 25.3 Å². The normalized spacial score (nSPS) is 11.6. The summed E-state index contributed by atoms with van der Waals surface area (Å²) in [5.41, 5.74) is 0.843. The zero-order valence-electron chi connectivity index (χ0n) is 12.5. The third kappa shape index (κ3) is 4.98. The van der Waals surface area contributed by atoms with E-state index in [1.165, 1.54) is 0 Å². The first kappa shape index (κ1) is 16.8. The van der Waals surface area contributed by atoms with Gasteiger partial charge in [0.25, 0.3) is 0 Å². The van der Waals surface area contributed by atoms with Gasteiger partial charge in [-0.05, 0) is 36.6 Å². The molecule has 1 aromatic rings. The number of methoxy groups -OCH3 is 2. The van der Waals surface area contributed by atoms with Gasteiger partial charge in [-0.25, -0.2) is 4.79 Å². The van der Waals surface area contributed by atoms with Crippen LogP contribution in [0, 0.1) is 0 Å². The summed E-state index contributed by atoms with van der Waals surface area (Å²) < 4.78 is 10.4. The molecule has 116 valence electrons.